The normalized spacial score (nSPS) is 13.5. The Bertz CT molecular complexity index is 2220. The number of amides is 4. The van der Waals surface area contributed by atoms with Crippen molar-refractivity contribution >= 4 is 77.1 Å². The molecule has 5 aromatic rings. The largest absolute Gasteiger partial charge is 0.370 e. The van der Waals surface area contributed by atoms with Crippen LogP contribution in [0.15, 0.2) is 94.7 Å². The van der Waals surface area contributed by atoms with Crippen molar-refractivity contribution < 1.29 is 24.0 Å². The number of aliphatic imine (C=N–C) groups is 1. The lowest BCUT2D eigenvalue weighted by Crippen LogP contribution is -2.52. The number of aromatic nitrogens is 2. The summed E-state index contributed by atoms with van der Waals surface area (Å²) in [5.41, 5.74) is 13.5. The molecule has 3 aromatic carbocycles. The number of guanidine groups is 1. The average Bonchev–Trinajstić information content (AvgIpc) is 3.81. The lowest BCUT2D eigenvalue weighted by atomic mass is 10.0. The van der Waals surface area contributed by atoms with Crippen LogP contribution in [0.1, 0.15) is 61.0 Å². The molecule has 0 fully saturated rings. The van der Waals surface area contributed by atoms with E-state index in [0.717, 1.165) is 26.7 Å². The highest BCUT2D eigenvalue weighted by Crippen LogP contribution is 2.24. The molecule has 8 N–H and O–H groups in total. The minimum atomic E-state index is -1.01. The van der Waals surface area contributed by atoms with Crippen molar-refractivity contribution in [3.05, 3.63) is 101 Å². The number of thiazole rings is 1. The minimum absolute atomic E-state index is 0.00210. The first-order valence-corrected chi connectivity index (χ1v) is 20.6. The molecule has 14 nitrogen and oxygen atoms in total. The number of rotatable bonds is 19. The number of Topliss-reactive ketones (excluding diaryl/α,β-unsaturated/α-hetero) is 1. The van der Waals surface area contributed by atoms with Crippen LogP contribution in [-0.2, 0) is 32.0 Å². The summed E-state index contributed by atoms with van der Waals surface area (Å²) in [5, 5.41) is 9.71. The van der Waals surface area contributed by atoms with Crippen LogP contribution in [0.2, 0.25) is 5.54 Å². The Kier molecular flexibility index (Phi) is 15.1. The molecule has 297 valence electrons. The van der Waals surface area contributed by atoms with Gasteiger partial charge in [-0.2, -0.15) is 0 Å². The minimum Gasteiger partial charge on any atom is -0.370 e. The average molecular weight is 807 g/mol. The summed E-state index contributed by atoms with van der Waals surface area (Å²) >= 11 is 1.25. The fourth-order valence-corrected chi connectivity index (χ4v) is 8.30. The molecule has 0 bridgehead atoms. The highest BCUT2D eigenvalue weighted by Gasteiger charge is 2.30. The summed E-state index contributed by atoms with van der Waals surface area (Å²) in [6, 6.07) is 21.5. The van der Waals surface area contributed by atoms with E-state index in [4.69, 9.17) is 11.5 Å². The predicted molar refractivity (Wildman–Crippen MR) is 224 cm³/mol. The Morgan fingerprint density at radius 2 is 1.54 bits per heavy atom. The van der Waals surface area contributed by atoms with E-state index in [-0.39, 0.29) is 60.8 Å². The Balaban J connectivity index is 1.37. The third-order valence-electron chi connectivity index (χ3n) is 9.13. The number of fused-ring (bicyclic) bond motifs is 2. The van der Waals surface area contributed by atoms with E-state index in [2.05, 4.69) is 35.5 Å². The maximum absolute atomic E-state index is 14.2. The number of hydrogen-bond acceptors (Lipinski definition) is 8. The highest BCUT2D eigenvalue weighted by molar-refractivity contribution is 7.20. The van der Waals surface area contributed by atoms with Gasteiger partial charge in [0.2, 0.25) is 23.5 Å². The van der Waals surface area contributed by atoms with Crippen molar-refractivity contribution in [2.45, 2.75) is 76.5 Å². The molecule has 1 unspecified atom stereocenters. The van der Waals surface area contributed by atoms with Crippen LogP contribution in [0.25, 0.3) is 21.1 Å². The van der Waals surface area contributed by atoms with E-state index in [1.54, 1.807) is 6.20 Å². The Hall–Kier alpha value is -5.87. The summed E-state index contributed by atoms with van der Waals surface area (Å²) in [7, 11) is -0.533. The molecule has 4 atom stereocenters. The number of aromatic amines is 1. The van der Waals surface area contributed by atoms with Crippen LogP contribution >= 0.6 is 11.3 Å². The molecule has 2 aromatic heterocycles. The van der Waals surface area contributed by atoms with Crippen molar-refractivity contribution in [1.82, 2.24) is 25.9 Å². The number of nitrogens with one attached hydrogen (secondary N) is 4. The molecule has 57 heavy (non-hydrogen) atoms. The van der Waals surface area contributed by atoms with Crippen LogP contribution in [-0.4, -0.2) is 79.3 Å². The fraction of sp³-hybridized carbons (Fsp3) is 0.341. The number of carbonyl (C=O) groups is 5. The first kappa shape index (κ1) is 42.3. The zero-order chi connectivity index (χ0) is 40.9. The predicted octanol–water partition coefficient (Wildman–Crippen LogP) is 4.22. The van der Waals surface area contributed by atoms with Crippen LogP contribution in [0.4, 0.5) is 0 Å². The molecular formula is C41H48N9O5SSi. The van der Waals surface area contributed by atoms with E-state index >= 15 is 0 Å². The zero-order valence-electron chi connectivity index (χ0n) is 32.2. The summed E-state index contributed by atoms with van der Waals surface area (Å²) in [4.78, 5) is 79.7. The topological polar surface area (TPSA) is 227 Å². The molecular weight excluding hydrogens is 759 g/mol. The number of ketones is 1. The van der Waals surface area contributed by atoms with Crippen molar-refractivity contribution in [2.75, 3.05) is 6.54 Å². The van der Waals surface area contributed by atoms with Gasteiger partial charge in [-0.25, -0.2) is 4.98 Å². The smallest absolute Gasteiger partial charge is 0.258 e. The molecule has 0 aliphatic carbocycles. The summed E-state index contributed by atoms with van der Waals surface area (Å²) in [5.74, 6) is -2.37. The van der Waals surface area contributed by atoms with Gasteiger partial charge in [0, 0.05) is 37.0 Å². The Morgan fingerprint density at radius 1 is 0.842 bits per heavy atom. The summed E-state index contributed by atoms with van der Waals surface area (Å²) in [6.07, 6.45) is 3.17. The first-order valence-electron chi connectivity index (χ1n) is 18.8. The molecule has 5 rings (SSSR count). The molecule has 2 heterocycles. The number of nitrogens with zero attached hydrogens (tertiary/aromatic N) is 3. The Labute approximate surface area is 337 Å². The van der Waals surface area contributed by atoms with Gasteiger partial charge in [0.1, 0.15) is 12.1 Å². The van der Waals surface area contributed by atoms with Gasteiger partial charge in [0.15, 0.2) is 20.3 Å². The van der Waals surface area contributed by atoms with Crippen LogP contribution in [0.5, 0.6) is 0 Å². The van der Waals surface area contributed by atoms with Gasteiger partial charge < -0.3 is 32.4 Å². The summed E-state index contributed by atoms with van der Waals surface area (Å²) < 4.78 is 5.24. The van der Waals surface area contributed by atoms with Gasteiger partial charge >= 0.3 is 0 Å². The third-order valence-corrected chi connectivity index (χ3v) is 11.3. The van der Waals surface area contributed by atoms with Gasteiger partial charge in [-0.05, 0) is 60.9 Å². The van der Waals surface area contributed by atoms with Crippen molar-refractivity contribution in [2.24, 2.45) is 27.0 Å². The number of nitrogens with two attached hydrogens (primary N) is 2. The first-order chi connectivity index (χ1) is 27.4. The molecule has 0 saturated heterocycles. The van der Waals surface area contributed by atoms with E-state index in [1.807, 2.05) is 92.7 Å². The third kappa shape index (κ3) is 12.3. The monoisotopic (exact) mass is 806 g/mol. The second-order valence-corrected chi connectivity index (χ2v) is 16.4. The molecule has 1 radical (unpaired) electrons. The van der Waals surface area contributed by atoms with Crippen molar-refractivity contribution in [1.29, 1.82) is 0 Å². The van der Waals surface area contributed by atoms with Crippen molar-refractivity contribution in [3.8, 4) is 0 Å². The van der Waals surface area contributed by atoms with Crippen molar-refractivity contribution in [3.63, 3.8) is 0 Å². The fourth-order valence-electron chi connectivity index (χ4n) is 6.38. The zero-order valence-corrected chi connectivity index (χ0v) is 34.0. The molecule has 16 heteroatoms. The van der Waals surface area contributed by atoms with Gasteiger partial charge in [-0.1, -0.05) is 74.5 Å². The van der Waals surface area contributed by atoms with Gasteiger partial charge in [0.05, 0.1) is 21.8 Å². The van der Waals surface area contributed by atoms with Crippen LogP contribution < -0.4 is 27.4 Å². The molecule has 0 saturated carbocycles. The molecule has 4 amide bonds. The van der Waals surface area contributed by atoms with Crippen LogP contribution in [0, 0.1) is 5.92 Å². The van der Waals surface area contributed by atoms with E-state index in [9.17, 15) is 24.0 Å². The number of benzene rings is 3. The van der Waals surface area contributed by atoms with Gasteiger partial charge in [-0.15, -0.1) is 11.3 Å². The van der Waals surface area contributed by atoms with E-state index < -0.39 is 50.7 Å². The summed E-state index contributed by atoms with van der Waals surface area (Å²) in [6.45, 7) is 5.44. The molecule has 0 spiro atoms. The SMILES string of the molecule is CC(=O)N[C@@H](Cc1c[nH]c2ccccc12)C(=O)N[C@@H](CC(C)C)C(=O)N=[Si]C(Cc1ccccc1)C(=O)N[C@@H](CCCN=C(N)N)C(=O)c1nc2ccccc2s1. The second-order valence-electron chi connectivity index (χ2n) is 14.2. The molecule has 0 aliphatic rings. The van der Waals surface area contributed by atoms with E-state index in [1.165, 1.54) is 18.3 Å². The number of H-pyrrole nitrogens is 1. The van der Waals surface area contributed by atoms with Gasteiger partial charge in [0.25, 0.3) is 5.91 Å². The highest BCUT2D eigenvalue weighted by atomic mass is 32.1. The number of para-hydroxylation sites is 2. The number of carbonyl (C=O) groups excluding carboxylic acids is 5. The standard InChI is InChI=1S/C41H48N9O5SSi/c1-24(2)20-32(48-37(53)33(46-25(3)51)22-27-23-45-29-15-8-7-14-28(27)29)38(54)50-57-35(21-26-12-5-4-6-13-26)39(55)47-31(17-11-19-44-41(42)43)36(52)40-49-30-16-9-10-18-34(30)56-40/h4-10,12-16,18,23-24,31-33,35,45H,11,17,19-22H2,1-3H3,(H,46,51)(H,47,55)(H,48,53)(H4,42,43,44)/t31-,32-,33-,35?/m0/s1. The Morgan fingerprint density at radius 3 is 2.26 bits per heavy atom. The quantitative estimate of drug-likeness (QED) is 0.0232. The maximum atomic E-state index is 14.2. The van der Waals surface area contributed by atoms with Crippen LogP contribution in [0.3, 0.4) is 0 Å². The maximum Gasteiger partial charge on any atom is 0.258 e. The second kappa shape index (κ2) is 20.3. The van der Waals surface area contributed by atoms with Gasteiger partial charge in [-0.3, -0.25) is 33.6 Å². The molecule has 0 aliphatic heterocycles. The lowest BCUT2D eigenvalue weighted by molar-refractivity contribution is -0.131. The number of hydrogen-bond donors (Lipinski definition) is 6. The van der Waals surface area contributed by atoms with E-state index in [0.29, 0.717) is 11.9 Å². The lowest BCUT2D eigenvalue weighted by Gasteiger charge is -2.23.